The number of hydrogen-bond donors (Lipinski definition) is 0. The van der Waals surface area contributed by atoms with Gasteiger partial charge in [0.25, 0.3) is 5.91 Å². The van der Waals surface area contributed by atoms with E-state index in [1.54, 1.807) is 0 Å². The molecule has 184 valence electrons. The van der Waals surface area contributed by atoms with Gasteiger partial charge in [0.1, 0.15) is 5.54 Å². The fourth-order valence-corrected chi connectivity index (χ4v) is 6.69. The van der Waals surface area contributed by atoms with Crippen LogP contribution in [-0.2, 0) is 24.2 Å². The zero-order chi connectivity index (χ0) is 24.0. The lowest BCUT2D eigenvalue weighted by Gasteiger charge is -2.41. The highest BCUT2D eigenvalue weighted by atomic mass is 16.2. The molecule has 3 aliphatic heterocycles. The van der Waals surface area contributed by atoms with Gasteiger partial charge in [0.15, 0.2) is 0 Å². The second-order valence-electron chi connectivity index (χ2n) is 10.6. The molecular weight excluding hydrogens is 436 g/mol. The number of hydrogen-bond acceptors (Lipinski definition) is 4. The molecule has 0 N–H and O–H groups in total. The van der Waals surface area contributed by atoms with Gasteiger partial charge in [-0.25, -0.2) is 9.69 Å². The van der Waals surface area contributed by atoms with Crippen molar-refractivity contribution in [3.8, 4) is 0 Å². The highest BCUT2D eigenvalue weighted by molar-refractivity contribution is 6.23. The number of carbonyl (C=O) groups is 2. The van der Waals surface area contributed by atoms with Gasteiger partial charge in [-0.15, -0.1) is 0 Å². The van der Waals surface area contributed by atoms with Crippen LogP contribution in [0.2, 0.25) is 0 Å². The average molecular weight is 473 g/mol. The number of aryl methyl sites for hydroxylation is 2. The van der Waals surface area contributed by atoms with E-state index in [0.29, 0.717) is 19.4 Å². The number of likely N-dealkylation sites (N-methyl/N-ethyl adjacent to an activating group) is 1. The molecule has 6 nitrogen and oxygen atoms in total. The minimum atomic E-state index is -0.707. The summed E-state index contributed by atoms with van der Waals surface area (Å²) in [5, 5.41) is 0. The number of anilines is 2. The van der Waals surface area contributed by atoms with E-state index in [9.17, 15) is 9.59 Å². The van der Waals surface area contributed by atoms with Crippen LogP contribution in [0.1, 0.15) is 55.7 Å². The Bertz CT molecular complexity index is 1110. The summed E-state index contributed by atoms with van der Waals surface area (Å²) in [6.07, 6.45) is 7.25. The third-order valence-electron chi connectivity index (χ3n) is 8.69. The van der Waals surface area contributed by atoms with E-state index >= 15 is 0 Å². The largest absolute Gasteiger partial charge is 0.372 e. The molecule has 0 radical (unpaired) electrons. The van der Waals surface area contributed by atoms with Crippen LogP contribution < -0.4 is 9.80 Å². The molecule has 35 heavy (non-hydrogen) atoms. The second-order valence-corrected chi connectivity index (χ2v) is 10.6. The third-order valence-corrected chi connectivity index (χ3v) is 8.69. The van der Waals surface area contributed by atoms with Crippen molar-refractivity contribution in [2.75, 3.05) is 42.5 Å². The maximum atomic E-state index is 13.8. The Morgan fingerprint density at radius 2 is 1.49 bits per heavy atom. The van der Waals surface area contributed by atoms with Crippen LogP contribution in [0, 0.1) is 0 Å². The number of piperidine rings is 1. The topological polar surface area (TPSA) is 47.1 Å². The molecule has 0 bridgehead atoms. The van der Waals surface area contributed by atoms with Crippen LogP contribution in [0.25, 0.3) is 0 Å². The number of amides is 3. The molecule has 2 aromatic carbocycles. The van der Waals surface area contributed by atoms with Crippen molar-refractivity contribution in [3.05, 3.63) is 59.2 Å². The summed E-state index contributed by atoms with van der Waals surface area (Å²) in [6.45, 7) is 7.41. The number of fused-ring (bicyclic) bond motifs is 1. The van der Waals surface area contributed by atoms with Crippen molar-refractivity contribution >= 4 is 23.3 Å². The summed E-state index contributed by atoms with van der Waals surface area (Å²) in [6, 6.07) is 15.0. The summed E-state index contributed by atoms with van der Waals surface area (Å²) in [5.74, 6) is -0.0306. The van der Waals surface area contributed by atoms with Crippen molar-refractivity contribution in [2.45, 2.75) is 64.0 Å². The van der Waals surface area contributed by atoms with Crippen molar-refractivity contribution in [2.24, 2.45) is 0 Å². The number of urea groups is 1. The fraction of sp³-hybridized carbons (Fsp3) is 0.517. The lowest BCUT2D eigenvalue weighted by Crippen LogP contribution is -2.56. The SMILES string of the molecule is CCN1C(=O)N(c2ccc3c(c2)CCC3)C(=O)C12CCN(Cc1ccc(N3CCCC3)cc1)CC2. The van der Waals surface area contributed by atoms with E-state index in [2.05, 4.69) is 46.2 Å². The summed E-state index contributed by atoms with van der Waals surface area (Å²) >= 11 is 0. The highest BCUT2D eigenvalue weighted by Crippen LogP contribution is 2.40. The Morgan fingerprint density at radius 1 is 0.800 bits per heavy atom. The van der Waals surface area contributed by atoms with Gasteiger partial charge in [-0.1, -0.05) is 18.2 Å². The van der Waals surface area contributed by atoms with E-state index in [1.807, 2.05) is 17.9 Å². The molecular formula is C29H36N4O2. The molecule has 2 aromatic rings. The molecule has 1 spiro atoms. The van der Waals surface area contributed by atoms with E-state index in [0.717, 1.165) is 57.7 Å². The molecule has 0 aromatic heterocycles. The molecule has 6 heteroatoms. The van der Waals surface area contributed by atoms with Gasteiger partial charge in [0.05, 0.1) is 5.69 Å². The summed E-state index contributed by atoms with van der Waals surface area (Å²) in [7, 11) is 0. The molecule has 3 heterocycles. The summed E-state index contributed by atoms with van der Waals surface area (Å²) < 4.78 is 0. The van der Waals surface area contributed by atoms with Crippen molar-refractivity contribution in [1.29, 1.82) is 0 Å². The first-order valence-electron chi connectivity index (χ1n) is 13.4. The molecule has 0 atom stereocenters. The Hall–Kier alpha value is -2.86. The predicted molar refractivity (Wildman–Crippen MR) is 139 cm³/mol. The van der Waals surface area contributed by atoms with Gasteiger partial charge in [0, 0.05) is 45.0 Å². The number of benzene rings is 2. The predicted octanol–water partition coefficient (Wildman–Crippen LogP) is 4.60. The second kappa shape index (κ2) is 8.98. The first kappa shape index (κ1) is 22.6. The van der Waals surface area contributed by atoms with Gasteiger partial charge in [0.2, 0.25) is 0 Å². The highest BCUT2D eigenvalue weighted by Gasteiger charge is 2.57. The van der Waals surface area contributed by atoms with Gasteiger partial charge >= 0.3 is 6.03 Å². The van der Waals surface area contributed by atoms with Crippen LogP contribution in [0.15, 0.2) is 42.5 Å². The number of imide groups is 1. The van der Waals surface area contributed by atoms with Crippen LogP contribution >= 0.6 is 0 Å². The molecule has 6 rings (SSSR count). The van der Waals surface area contributed by atoms with Gasteiger partial charge in [-0.2, -0.15) is 0 Å². The Balaban J connectivity index is 1.15. The van der Waals surface area contributed by atoms with Gasteiger partial charge < -0.3 is 9.80 Å². The van der Waals surface area contributed by atoms with E-state index < -0.39 is 5.54 Å². The maximum Gasteiger partial charge on any atom is 0.332 e. The Labute approximate surface area is 208 Å². The third kappa shape index (κ3) is 3.83. The minimum absolute atomic E-state index is 0.0306. The maximum absolute atomic E-state index is 13.8. The number of likely N-dealkylation sites (tertiary alicyclic amines) is 1. The number of nitrogens with zero attached hydrogens (tertiary/aromatic N) is 4. The molecule has 0 unspecified atom stereocenters. The summed E-state index contributed by atoms with van der Waals surface area (Å²) in [4.78, 5) is 35.5. The monoisotopic (exact) mass is 472 g/mol. The van der Waals surface area contributed by atoms with E-state index in [4.69, 9.17) is 0 Å². The van der Waals surface area contributed by atoms with E-state index in [1.165, 1.54) is 40.1 Å². The standard InChI is InChI=1S/C29H36N4O2/c1-2-32-28(35)33(26-13-10-23-6-5-7-24(23)20-26)27(34)29(32)14-18-30(19-15-29)21-22-8-11-25(12-9-22)31-16-3-4-17-31/h8-13,20H,2-7,14-19,21H2,1H3. The van der Waals surface area contributed by atoms with Gasteiger partial charge in [-0.3, -0.25) is 9.69 Å². The summed E-state index contributed by atoms with van der Waals surface area (Å²) in [5.41, 5.74) is 5.32. The Kier molecular flexibility index (Phi) is 5.79. The zero-order valence-corrected chi connectivity index (χ0v) is 20.8. The first-order valence-corrected chi connectivity index (χ1v) is 13.4. The quantitative estimate of drug-likeness (QED) is 0.597. The van der Waals surface area contributed by atoms with Crippen LogP contribution in [-0.4, -0.2) is 60.0 Å². The van der Waals surface area contributed by atoms with Crippen LogP contribution in [0.5, 0.6) is 0 Å². The Morgan fingerprint density at radius 3 is 2.20 bits per heavy atom. The molecule has 3 fully saturated rings. The fourth-order valence-electron chi connectivity index (χ4n) is 6.69. The molecule has 3 saturated heterocycles. The lowest BCUT2D eigenvalue weighted by molar-refractivity contribution is -0.127. The molecule has 3 amide bonds. The van der Waals surface area contributed by atoms with Crippen molar-refractivity contribution < 1.29 is 9.59 Å². The molecule has 1 aliphatic carbocycles. The van der Waals surface area contributed by atoms with Crippen LogP contribution in [0.3, 0.4) is 0 Å². The normalized spacial score (nSPS) is 22.0. The van der Waals surface area contributed by atoms with Crippen LogP contribution in [0.4, 0.5) is 16.2 Å². The number of rotatable bonds is 5. The van der Waals surface area contributed by atoms with Crippen molar-refractivity contribution in [1.82, 2.24) is 9.80 Å². The number of carbonyl (C=O) groups excluding carboxylic acids is 2. The zero-order valence-electron chi connectivity index (χ0n) is 20.8. The smallest absolute Gasteiger partial charge is 0.332 e. The molecule has 0 saturated carbocycles. The average Bonchev–Trinajstić information content (AvgIpc) is 3.61. The molecule has 4 aliphatic rings. The van der Waals surface area contributed by atoms with E-state index in [-0.39, 0.29) is 11.9 Å². The minimum Gasteiger partial charge on any atom is -0.372 e. The lowest BCUT2D eigenvalue weighted by atomic mass is 9.85. The van der Waals surface area contributed by atoms with Gasteiger partial charge in [-0.05, 0) is 92.8 Å². The van der Waals surface area contributed by atoms with Crippen molar-refractivity contribution in [3.63, 3.8) is 0 Å². The first-order chi connectivity index (χ1) is 17.1.